The molecule has 15 rings (SSSR count). The first kappa shape index (κ1) is 58.5. The summed E-state index contributed by atoms with van der Waals surface area (Å²) in [7, 11) is 0. The molecule has 0 saturated heterocycles. The SMILES string of the molecule is CC(C)(C)c1cc(-c2ccc3c(c2)N(c2c(-c4ccccc4)cccc2-c2ccccc2)c2cccc4c2B3c2ccc3c(c2N4c2c(-c4ccccc4)cccc2-c2ccccc2)c2ccccc2n3-c2cc(C(C)(C)C)cc(C(C)(C)C)c2)cc(C(C)(C)C)c1. The molecule has 450 valence electrons. The molecule has 0 bridgehead atoms. The van der Waals surface area contributed by atoms with Gasteiger partial charge in [0.15, 0.2) is 0 Å². The Bertz CT molecular complexity index is 4830. The number of fused-ring (bicyclic) bond motifs is 8. The molecule has 0 spiro atoms. The summed E-state index contributed by atoms with van der Waals surface area (Å²) in [6, 6.07) is 102. The van der Waals surface area contributed by atoms with Gasteiger partial charge in [0.1, 0.15) is 0 Å². The van der Waals surface area contributed by atoms with E-state index in [1.165, 1.54) is 88.6 Å². The van der Waals surface area contributed by atoms with E-state index in [4.69, 9.17) is 0 Å². The Morgan fingerprint density at radius 1 is 0.272 bits per heavy atom. The first-order chi connectivity index (χ1) is 44.2. The molecule has 0 unspecified atom stereocenters. The van der Waals surface area contributed by atoms with Gasteiger partial charge in [-0.05, 0) is 136 Å². The molecule has 1 aromatic heterocycles. The number of aromatic nitrogens is 1. The van der Waals surface area contributed by atoms with E-state index >= 15 is 0 Å². The fraction of sp³-hybridized carbons (Fsp3) is 0.182. The molecule has 0 amide bonds. The molecule has 0 fully saturated rings. The van der Waals surface area contributed by atoms with Gasteiger partial charge in [-0.2, -0.15) is 0 Å². The van der Waals surface area contributed by atoms with Crippen LogP contribution in [0.15, 0.2) is 267 Å². The molecule has 2 aliphatic rings. The van der Waals surface area contributed by atoms with Gasteiger partial charge in [-0.3, -0.25) is 0 Å². The monoisotopic (exact) mass is 1190 g/mol. The maximum Gasteiger partial charge on any atom is 0.252 e. The van der Waals surface area contributed by atoms with Crippen LogP contribution in [0.2, 0.25) is 0 Å². The normalized spacial score (nSPS) is 13.2. The standard InChI is InChI=1S/C88H80BN3/c1-85(2,3)63-50-62(51-64(53-63)86(4,5)6)61-46-47-73-79(52-61)91(82-68(57-30-17-13-18-31-57)39-27-40-69(82)58-32-19-14-20-33-58)77-44-29-45-78-81(77)89(73)74-48-49-76-80(72-38-25-26-43-75(72)90(76)67-55-65(87(7,8)9)54-66(56-67)88(10,11)12)84(74)92(78)83-70(59-34-21-15-22-35-59)41-28-42-71(83)60-36-23-16-24-37-60/h13-56H,1-12H3. The Morgan fingerprint density at radius 3 is 1.14 bits per heavy atom. The number of hydrogen-bond donors (Lipinski definition) is 0. The van der Waals surface area contributed by atoms with E-state index in [9.17, 15) is 0 Å². The van der Waals surface area contributed by atoms with Crippen molar-refractivity contribution in [2.45, 2.75) is 105 Å². The fourth-order valence-electron chi connectivity index (χ4n) is 14.6. The topological polar surface area (TPSA) is 11.4 Å². The number of hydrogen-bond acceptors (Lipinski definition) is 2. The lowest BCUT2D eigenvalue weighted by atomic mass is 9.33. The van der Waals surface area contributed by atoms with Gasteiger partial charge >= 0.3 is 0 Å². The van der Waals surface area contributed by atoms with Crippen molar-refractivity contribution in [2.24, 2.45) is 0 Å². The molecular weight excluding hydrogens is 1110 g/mol. The minimum absolute atomic E-state index is 0.0687. The maximum absolute atomic E-state index is 2.71. The Balaban J connectivity index is 1.12. The maximum atomic E-state index is 2.71. The van der Waals surface area contributed by atoms with Crippen molar-refractivity contribution in [3.63, 3.8) is 0 Å². The van der Waals surface area contributed by atoms with Crippen molar-refractivity contribution in [3.05, 3.63) is 289 Å². The number of para-hydroxylation sites is 3. The van der Waals surface area contributed by atoms with Crippen LogP contribution < -0.4 is 26.2 Å². The zero-order valence-electron chi connectivity index (χ0n) is 55.3. The molecule has 13 aromatic rings. The Hall–Kier alpha value is -9.90. The minimum atomic E-state index is -0.185. The first-order valence-corrected chi connectivity index (χ1v) is 32.9. The quantitative estimate of drug-likeness (QED) is 0.141. The zero-order chi connectivity index (χ0) is 63.6. The van der Waals surface area contributed by atoms with Gasteiger partial charge in [0.05, 0.1) is 28.1 Å². The molecular formula is C88H80BN3. The second-order valence-corrected chi connectivity index (χ2v) is 29.8. The summed E-state index contributed by atoms with van der Waals surface area (Å²) in [4.78, 5) is 5.38. The van der Waals surface area contributed by atoms with Crippen LogP contribution in [0.4, 0.5) is 34.1 Å². The molecule has 12 aromatic carbocycles. The molecule has 3 heterocycles. The van der Waals surface area contributed by atoms with Crippen LogP contribution in [0.3, 0.4) is 0 Å². The number of rotatable bonds is 8. The summed E-state index contributed by atoms with van der Waals surface area (Å²) in [6.07, 6.45) is 0. The van der Waals surface area contributed by atoms with Crippen LogP contribution >= 0.6 is 0 Å². The second kappa shape index (κ2) is 21.9. The van der Waals surface area contributed by atoms with Crippen LogP contribution in [0.1, 0.15) is 105 Å². The Kier molecular flexibility index (Phi) is 13.9. The van der Waals surface area contributed by atoms with Crippen molar-refractivity contribution < 1.29 is 0 Å². The smallest absolute Gasteiger partial charge is 0.252 e. The van der Waals surface area contributed by atoms with Crippen LogP contribution in [0.25, 0.3) is 83.1 Å². The van der Waals surface area contributed by atoms with Crippen LogP contribution in [-0.4, -0.2) is 11.3 Å². The van der Waals surface area contributed by atoms with Crippen molar-refractivity contribution in [1.29, 1.82) is 0 Å². The van der Waals surface area contributed by atoms with Gasteiger partial charge < -0.3 is 14.4 Å². The highest BCUT2D eigenvalue weighted by Crippen LogP contribution is 2.55. The van der Waals surface area contributed by atoms with E-state index in [-0.39, 0.29) is 28.4 Å². The summed E-state index contributed by atoms with van der Waals surface area (Å²) >= 11 is 0. The molecule has 3 nitrogen and oxygen atoms in total. The average molecular weight is 1190 g/mol. The Labute approximate surface area is 545 Å². The van der Waals surface area contributed by atoms with Crippen LogP contribution in [-0.2, 0) is 21.7 Å². The highest BCUT2D eigenvalue weighted by Gasteiger charge is 2.46. The summed E-state index contributed by atoms with van der Waals surface area (Å²) < 4.78 is 2.58. The van der Waals surface area contributed by atoms with E-state index in [1.807, 2.05) is 0 Å². The van der Waals surface area contributed by atoms with Crippen LogP contribution in [0, 0.1) is 0 Å². The molecule has 0 atom stereocenters. The molecule has 0 saturated carbocycles. The molecule has 0 aliphatic carbocycles. The van der Waals surface area contributed by atoms with Gasteiger partial charge in [-0.1, -0.05) is 308 Å². The van der Waals surface area contributed by atoms with E-state index in [0.29, 0.717) is 0 Å². The molecule has 0 N–H and O–H groups in total. The lowest BCUT2D eigenvalue weighted by Gasteiger charge is -2.46. The van der Waals surface area contributed by atoms with Gasteiger partial charge in [0, 0.05) is 55.8 Å². The number of benzene rings is 12. The molecule has 92 heavy (non-hydrogen) atoms. The zero-order valence-corrected chi connectivity index (χ0v) is 55.3. The largest absolute Gasteiger partial charge is 0.310 e. The predicted molar refractivity (Wildman–Crippen MR) is 397 cm³/mol. The van der Waals surface area contributed by atoms with Crippen LogP contribution in [0.5, 0.6) is 0 Å². The molecule has 2 aliphatic heterocycles. The third kappa shape index (κ3) is 9.89. The summed E-state index contributed by atoms with van der Waals surface area (Å²) in [5, 5.41) is 2.44. The third-order valence-corrected chi connectivity index (χ3v) is 19.6. The minimum Gasteiger partial charge on any atom is -0.310 e. The van der Waals surface area contributed by atoms with Crippen molar-refractivity contribution >= 4 is 79.0 Å². The van der Waals surface area contributed by atoms with E-state index in [2.05, 4.69) is 364 Å². The highest BCUT2D eigenvalue weighted by atomic mass is 15.2. The van der Waals surface area contributed by atoms with Crippen molar-refractivity contribution in [1.82, 2.24) is 4.57 Å². The van der Waals surface area contributed by atoms with Gasteiger partial charge in [-0.15, -0.1) is 0 Å². The van der Waals surface area contributed by atoms with Gasteiger partial charge in [0.25, 0.3) is 6.71 Å². The van der Waals surface area contributed by atoms with Crippen molar-refractivity contribution in [2.75, 3.05) is 9.80 Å². The van der Waals surface area contributed by atoms with Crippen molar-refractivity contribution in [3.8, 4) is 61.3 Å². The fourth-order valence-corrected chi connectivity index (χ4v) is 14.6. The highest BCUT2D eigenvalue weighted by molar-refractivity contribution is 7.00. The molecule has 4 heteroatoms. The predicted octanol–water partition coefficient (Wildman–Crippen LogP) is 22.4. The summed E-state index contributed by atoms with van der Waals surface area (Å²) in [5.41, 5.74) is 31.0. The van der Waals surface area contributed by atoms with E-state index in [1.54, 1.807) is 0 Å². The Morgan fingerprint density at radius 2 is 0.674 bits per heavy atom. The number of anilines is 6. The molecule has 0 radical (unpaired) electrons. The summed E-state index contributed by atoms with van der Waals surface area (Å²) in [5.74, 6) is 0. The van der Waals surface area contributed by atoms with Gasteiger partial charge in [0.2, 0.25) is 0 Å². The second-order valence-electron chi connectivity index (χ2n) is 29.8. The number of nitrogens with zero attached hydrogens (tertiary/aromatic N) is 3. The average Bonchev–Trinajstić information content (AvgIpc) is 1.13. The first-order valence-electron chi connectivity index (χ1n) is 32.9. The third-order valence-electron chi connectivity index (χ3n) is 19.6. The van der Waals surface area contributed by atoms with E-state index < -0.39 is 0 Å². The van der Waals surface area contributed by atoms with E-state index in [0.717, 1.165) is 67.3 Å². The lowest BCUT2D eigenvalue weighted by molar-refractivity contribution is 0.567. The summed E-state index contributed by atoms with van der Waals surface area (Å²) in [6.45, 7) is 28.0. The lowest BCUT2D eigenvalue weighted by Crippen LogP contribution is -2.61. The van der Waals surface area contributed by atoms with Gasteiger partial charge in [-0.25, -0.2) is 0 Å².